The highest BCUT2D eigenvalue weighted by molar-refractivity contribution is 9.10. The topological polar surface area (TPSA) is 23.8 Å². The quantitative estimate of drug-likeness (QED) is 0.760. The van der Waals surface area contributed by atoms with Crippen molar-refractivity contribution in [1.82, 2.24) is 0 Å². The molecule has 1 nitrogen and oxygen atoms in total. The lowest BCUT2D eigenvalue weighted by atomic mass is 10.1. The van der Waals surface area contributed by atoms with Crippen molar-refractivity contribution >= 4 is 27.3 Å². The van der Waals surface area contributed by atoms with E-state index in [0.29, 0.717) is 0 Å². The maximum absolute atomic E-state index is 8.86. The normalized spacial score (nSPS) is 9.93. The van der Waals surface area contributed by atoms with E-state index in [1.54, 1.807) is 0 Å². The maximum atomic E-state index is 8.86. The van der Waals surface area contributed by atoms with Gasteiger partial charge in [0.1, 0.15) is 10.9 Å². The van der Waals surface area contributed by atoms with Crippen LogP contribution in [-0.2, 0) is 0 Å². The van der Waals surface area contributed by atoms with Crippen molar-refractivity contribution in [3.8, 4) is 16.5 Å². The average molecular weight is 278 g/mol. The highest BCUT2D eigenvalue weighted by atomic mass is 79.9. The van der Waals surface area contributed by atoms with E-state index in [-0.39, 0.29) is 0 Å². The summed E-state index contributed by atoms with van der Waals surface area (Å²) >= 11 is 4.89. The summed E-state index contributed by atoms with van der Waals surface area (Å²) in [7, 11) is 0. The van der Waals surface area contributed by atoms with E-state index in [1.807, 2.05) is 12.1 Å². The van der Waals surface area contributed by atoms with E-state index in [1.165, 1.54) is 22.5 Å². The summed E-state index contributed by atoms with van der Waals surface area (Å²) in [6.45, 7) is 2.07. The standard InChI is InChI=1S/C12H8BrNS/c1-8-3-2-4-9(5-8)11-6-10(13)12(7-14)15-11/h2-6H,1H3. The minimum Gasteiger partial charge on any atom is -0.191 e. The number of aryl methyl sites for hydroxylation is 1. The van der Waals surface area contributed by atoms with Crippen molar-refractivity contribution in [1.29, 1.82) is 5.26 Å². The molecule has 15 heavy (non-hydrogen) atoms. The molecule has 74 valence electrons. The number of halogens is 1. The van der Waals surface area contributed by atoms with E-state index < -0.39 is 0 Å². The van der Waals surface area contributed by atoms with Crippen LogP contribution in [0.1, 0.15) is 10.4 Å². The second-order valence-electron chi connectivity index (χ2n) is 3.27. The van der Waals surface area contributed by atoms with E-state index in [0.717, 1.165) is 14.2 Å². The molecule has 0 N–H and O–H groups in total. The van der Waals surface area contributed by atoms with Gasteiger partial charge in [0.15, 0.2) is 0 Å². The van der Waals surface area contributed by atoms with Crippen molar-refractivity contribution in [2.45, 2.75) is 6.92 Å². The molecule has 1 aromatic carbocycles. The van der Waals surface area contributed by atoms with Crippen LogP contribution in [0.15, 0.2) is 34.8 Å². The number of nitriles is 1. The summed E-state index contributed by atoms with van der Waals surface area (Å²) in [5.41, 5.74) is 2.40. The van der Waals surface area contributed by atoms with E-state index in [4.69, 9.17) is 5.26 Å². The summed E-state index contributed by atoms with van der Waals surface area (Å²) in [5, 5.41) is 8.86. The van der Waals surface area contributed by atoms with Gasteiger partial charge in [-0.15, -0.1) is 11.3 Å². The predicted octanol–water partition coefficient (Wildman–Crippen LogP) is 4.36. The molecule has 2 aromatic rings. The highest BCUT2D eigenvalue weighted by Crippen LogP contribution is 2.34. The third-order valence-electron chi connectivity index (χ3n) is 2.09. The Morgan fingerprint density at radius 3 is 2.73 bits per heavy atom. The zero-order chi connectivity index (χ0) is 10.8. The Bertz CT molecular complexity index is 537. The number of nitrogens with zero attached hydrogens (tertiary/aromatic N) is 1. The van der Waals surface area contributed by atoms with Gasteiger partial charge in [0, 0.05) is 9.35 Å². The van der Waals surface area contributed by atoms with E-state index >= 15 is 0 Å². The Hall–Kier alpha value is -1.11. The molecular formula is C12H8BrNS. The molecule has 0 radical (unpaired) electrons. The smallest absolute Gasteiger partial charge is 0.119 e. The van der Waals surface area contributed by atoms with Crippen molar-refractivity contribution in [2.24, 2.45) is 0 Å². The molecule has 0 saturated carbocycles. The van der Waals surface area contributed by atoms with Gasteiger partial charge in [0.25, 0.3) is 0 Å². The number of thiophene rings is 1. The zero-order valence-corrected chi connectivity index (χ0v) is 10.5. The van der Waals surface area contributed by atoms with Gasteiger partial charge < -0.3 is 0 Å². The van der Waals surface area contributed by atoms with Crippen molar-refractivity contribution in [3.63, 3.8) is 0 Å². The molecule has 3 heteroatoms. The minimum absolute atomic E-state index is 0.728. The van der Waals surface area contributed by atoms with Gasteiger partial charge in [-0.05, 0) is 34.5 Å². The summed E-state index contributed by atoms with van der Waals surface area (Å²) in [6.07, 6.45) is 0. The van der Waals surface area contributed by atoms with Crippen LogP contribution >= 0.6 is 27.3 Å². The Kier molecular flexibility index (Phi) is 2.90. The van der Waals surface area contributed by atoms with Gasteiger partial charge in [0.05, 0.1) is 0 Å². The Balaban J connectivity index is 2.51. The monoisotopic (exact) mass is 277 g/mol. The van der Waals surface area contributed by atoms with Gasteiger partial charge in [-0.25, -0.2) is 0 Å². The van der Waals surface area contributed by atoms with Crippen LogP contribution in [0.4, 0.5) is 0 Å². The molecule has 0 unspecified atom stereocenters. The SMILES string of the molecule is Cc1cccc(-c2cc(Br)c(C#N)s2)c1. The van der Waals surface area contributed by atoms with Gasteiger partial charge in [-0.1, -0.05) is 29.8 Å². The van der Waals surface area contributed by atoms with Gasteiger partial charge in [-0.3, -0.25) is 0 Å². The molecule has 0 aliphatic heterocycles. The third-order valence-corrected chi connectivity index (χ3v) is 4.07. The van der Waals surface area contributed by atoms with Gasteiger partial charge in [-0.2, -0.15) is 5.26 Å². The number of rotatable bonds is 1. The summed E-state index contributed by atoms with van der Waals surface area (Å²) in [5.74, 6) is 0. The van der Waals surface area contributed by atoms with Crippen LogP contribution in [0.2, 0.25) is 0 Å². The van der Waals surface area contributed by atoms with Gasteiger partial charge >= 0.3 is 0 Å². The van der Waals surface area contributed by atoms with Gasteiger partial charge in [0.2, 0.25) is 0 Å². The molecule has 1 heterocycles. The van der Waals surface area contributed by atoms with Crippen molar-refractivity contribution < 1.29 is 0 Å². The van der Waals surface area contributed by atoms with Crippen molar-refractivity contribution in [3.05, 3.63) is 45.2 Å². The number of hydrogen-bond acceptors (Lipinski definition) is 2. The Morgan fingerprint density at radius 1 is 1.33 bits per heavy atom. The molecule has 0 bridgehead atoms. The zero-order valence-electron chi connectivity index (χ0n) is 8.12. The van der Waals surface area contributed by atoms with Crippen LogP contribution in [0.25, 0.3) is 10.4 Å². The van der Waals surface area contributed by atoms with E-state index in [9.17, 15) is 0 Å². The third kappa shape index (κ3) is 2.11. The number of hydrogen-bond donors (Lipinski definition) is 0. The summed E-state index contributed by atoms with van der Waals surface area (Å²) < 4.78 is 0.881. The second kappa shape index (κ2) is 4.18. The lowest BCUT2D eigenvalue weighted by Gasteiger charge is -1.97. The average Bonchev–Trinajstić information content (AvgIpc) is 2.60. The minimum atomic E-state index is 0.728. The first-order valence-electron chi connectivity index (χ1n) is 4.47. The van der Waals surface area contributed by atoms with E-state index in [2.05, 4.69) is 47.1 Å². The van der Waals surface area contributed by atoms with Crippen LogP contribution in [0.3, 0.4) is 0 Å². The maximum Gasteiger partial charge on any atom is 0.119 e. The lowest BCUT2D eigenvalue weighted by molar-refractivity contribution is 1.48. The molecular weight excluding hydrogens is 270 g/mol. The molecule has 0 saturated heterocycles. The second-order valence-corrected chi connectivity index (χ2v) is 5.18. The fourth-order valence-corrected chi connectivity index (χ4v) is 2.94. The summed E-state index contributed by atoms with van der Waals surface area (Å²) in [4.78, 5) is 1.86. The number of benzene rings is 1. The molecule has 0 fully saturated rings. The van der Waals surface area contributed by atoms with Crippen LogP contribution in [0.5, 0.6) is 0 Å². The molecule has 0 spiro atoms. The fraction of sp³-hybridized carbons (Fsp3) is 0.0833. The first kappa shape index (κ1) is 10.4. The first-order valence-corrected chi connectivity index (χ1v) is 6.08. The molecule has 0 aliphatic rings. The molecule has 2 rings (SSSR count). The molecule has 0 aliphatic carbocycles. The largest absolute Gasteiger partial charge is 0.191 e. The van der Waals surface area contributed by atoms with Crippen LogP contribution in [0, 0.1) is 18.3 Å². The fourth-order valence-electron chi connectivity index (χ4n) is 1.39. The molecule has 0 amide bonds. The first-order chi connectivity index (χ1) is 7.20. The highest BCUT2D eigenvalue weighted by Gasteiger charge is 2.07. The van der Waals surface area contributed by atoms with Crippen molar-refractivity contribution in [2.75, 3.05) is 0 Å². The lowest BCUT2D eigenvalue weighted by Crippen LogP contribution is -1.73. The molecule has 0 atom stereocenters. The predicted molar refractivity (Wildman–Crippen MR) is 66.9 cm³/mol. The Morgan fingerprint density at radius 2 is 2.13 bits per heavy atom. The van der Waals surface area contributed by atoms with Crippen LogP contribution in [-0.4, -0.2) is 0 Å². The molecule has 1 aromatic heterocycles. The summed E-state index contributed by atoms with van der Waals surface area (Å²) in [6, 6.07) is 12.5. The Labute approximate surface area is 101 Å². The van der Waals surface area contributed by atoms with Crippen LogP contribution < -0.4 is 0 Å².